The molecule has 1 aromatic heterocycles. The number of nitrogens with zero attached hydrogens (tertiary/aromatic N) is 2. The quantitative estimate of drug-likeness (QED) is 0.912. The van der Waals surface area contributed by atoms with E-state index in [2.05, 4.69) is 26.3 Å². The van der Waals surface area contributed by atoms with Crippen LogP contribution in [-0.2, 0) is 11.3 Å². The minimum absolute atomic E-state index is 0.140. The van der Waals surface area contributed by atoms with Crippen molar-refractivity contribution in [1.82, 2.24) is 9.78 Å². The molecule has 1 amide bonds. The van der Waals surface area contributed by atoms with Crippen molar-refractivity contribution in [2.45, 2.75) is 13.5 Å². The number of aromatic nitrogens is 2. The van der Waals surface area contributed by atoms with E-state index in [0.29, 0.717) is 5.69 Å². The van der Waals surface area contributed by atoms with Gasteiger partial charge in [-0.3, -0.25) is 9.48 Å². The maximum absolute atomic E-state index is 11.8. The number of amides is 1. The van der Waals surface area contributed by atoms with Crippen molar-refractivity contribution in [3.05, 3.63) is 40.6 Å². The predicted molar refractivity (Wildman–Crippen MR) is 74.1 cm³/mol. The van der Waals surface area contributed by atoms with Gasteiger partial charge in [-0.1, -0.05) is 22.0 Å². The van der Waals surface area contributed by atoms with E-state index in [4.69, 9.17) is 5.73 Å². The van der Waals surface area contributed by atoms with E-state index in [1.54, 1.807) is 6.20 Å². The van der Waals surface area contributed by atoms with Crippen LogP contribution in [0.1, 0.15) is 5.56 Å². The van der Waals surface area contributed by atoms with Crippen molar-refractivity contribution in [3.63, 3.8) is 0 Å². The first kappa shape index (κ1) is 12.6. The summed E-state index contributed by atoms with van der Waals surface area (Å²) in [6.07, 6.45) is 3.13. The minimum Gasteiger partial charge on any atom is -0.396 e. The molecule has 0 atom stereocenters. The fourth-order valence-electron chi connectivity index (χ4n) is 1.55. The van der Waals surface area contributed by atoms with Gasteiger partial charge in [-0.25, -0.2) is 0 Å². The number of halogens is 1. The van der Waals surface area contributed by atoms with Crippen molar-refractivity contribution in [2.75, 3.05) is 11.1 Å². The van der Waals surface area contributed by atoms with Gasteiger partial charge < -0.3 is 11.1 Å². The third kappa shape index (κ3) is 2.89. The molecule has 6 heteroatoms. The van der Waals surface area contributed by atoms with Crippen LogP contribution in [0.2, 0.25) is 0 Å². The van der Waals surface area contributed by atoms with Gasteiger partial charge in [0.25, 0.3) is 0 Å². The molecule has 0 radical (unpaired) electrons. The molecule has 94 valence electrons. The highest BCUT2D eigenvalue weighted by molar-refractivity contribution is 9.10. The molecule has 0 saturated carbocycles. The third-order valence-corrected chi connectivity index (χ3v) is 3.36. The highest BCUT2D eigenvalue weighted by Gasteiger charge is 2.07. The number of carbonyl (C=O) groups is 1. The Balaban J connectivity index is 2.05. The molecule has 0 spiro atoms. The molecule has 18 heavy (non-hydrogen) atoms. The Morgan fingerprint density at radius 3 is 3.00 bits per heavy atom. The Morgan fingerprint density at radius 1 is 1.56 bits per heavy atom. The van der Waals surface area contributed by atoms with E-state index in [1.807, 2.05) is 25.1 Å². The van der Waals surface area contributed by atoms with Crippen LogP contribution in [0.5, 0.6) is 0 Å². The Hall–Kier alpha value is -1.82. The summed E-state index contributed by atoms with van der Waals surface area (Å²) in [6.45, 7) is 2.08. The largest absolute Gasteiger partial charge is 0.396 e. The smallest absolute Gasteiger partial charge is 0.246 e. The van der Waals surface area contributed by atoms with Gasteiger partial charge in [0.05, 0.1) is 11.9 Å². The van der Waals surface area contributed by atoms with Crippen LogP contribution in [0.15, 0.2) is 35.1 Å². The maximum Gasteiger partial charge on any atom is 0.246 e. The Labute approximate surface area is 113 Å². The van der Waals surface area contributed by atoms with Crippen LogP contribution in [-0.4, -0.2) is 15.7 Å². The topological polar surface area (TPSA) is 72.9 Å². The van der Waals surface area contributed by atoms with Crippen LogP contribution >= 0.6 is 15.9 Å². The lowest BCUT2D eigenvalue weighted by Gasteiger charge is -2.09. The highest BCUT2D eigenvalue weighted by Crippen LogP contribution is 2.23. The number of anilines is 2. The zero-order chi connectivity index (χ0) is 13.1. The maximum atomic E-state index is 11.8. The fourth-order valence-corrected chi connectivity index (χ4v) is 1.91. The van der Waals surface area contributed by atoms with Crippen molar-refractivity contribution < 1.29 is 4.79 Å². The van der Waals surface area contributed by atoms with Crippen molar-refractivity contribution in [2.24, 2.45) is 0 Å². The van der Waals surface area contributed by atoms with E-state index in [1.165, 1.54) is 10.9 Å². The molecular formula is C12H13BrN4O. The lowest BCUT2D eigenvalue weighted by molar-refractivity contribution is -0.116. The van der Waals surface area contributed by atoms with E-state index in [0.717, 1.165) is 15.7 Å². The number of carbonyl (C=O) groups excluding carboxylic acids is 1. The Bertz CT molecular complexity index is 579. The molecule has 2 rings (SSSR count). The predicted octanol–water partition coefficient (Wildman–Crippen LogP) is 2.17. The lowest BCUT2D eigenvalue weighted by atomic mass is 10.2. The van der Waals surface area contributed by atoms with E-state index in [9.17, 15) is 4.79 Å². The first-order valence-electron chi connectivity index (χ1n) is 5.39. The molecular weight excluding hydrogens is 296 g/mol. The molecule has 1 aromatic carbocycles. The summed E-state index contributed by atoms with van der Waals surface area (Å²) in [7, 11) is 0. The standard InChI is InChI=1S/C12H13BrN4O/c1-8-10(13)3-2-4-11(8)16-12(18)7-17-6-9(14)5-15-17/h2-6H,7,14H2,1H3,(H,16,18). The zero-order valence-corrected chi connectivity index (χ0v) is 11.4. The summed E-state index contributed by atoms with van der Waals surface area (Å²) in [5.74, 6) is -0.140. The summed E-state index contributed by atoms with van der Waals surface area (Å²) in [5.41, 5.74) is 7.85. The minimum atomic E-state index is -0.140. The van der Waals surface area contributed by atoms with Gasteiger partial charge in [-0.15, -0.1) is 0 Å². The second-order valence-corrected chi connectivity index (χ2v) is 4.79. The van der Waals surface area contributed by atoms with Crippen LogP contribution in [0.25, 0.3) is 0 Å². The molecule has 0 bridgehead atoms. The van der Waals surface area contributed by atoms with Gasteiger partial charge in [0.1, 0.15) is 6.54 Å². The molecule has 0 unspecified atom stereocenters. The number of benzene rings is 1. The van der Waals surface area contributed by atoms with Crippen LogP contribution in [0.4, 0.5) is 11.4 Å². The summed E-state index contributed by atoms with van der Waals surface area (Å²) in [4.78, 5) is 11.8. The van der Waals surface area contributed by atoms with E-state index >= 15 is 0 Å². The van der Waals surface area contributed by atoms with Gasteiger partial charge in [-0.2, -0.15) is 5.10 Å². The molecule has 0 fully saturated rings. The molecule has 1 heterocycles. The Morgan fingerprint density at radius 2 is 2.33 bits per heavy atom. The number of nitrogens with two attached hydrogens (primary N) is 1. The second-order valence-electron chi connectivity index (χ2n) is 3.93. The fraction of sp³-hybridized carbons (Fsp3) is 0.167. The molecule has 2 aromatic rings. The van der Waals surface area contributed by atoms with Crippen molar-refractivity contribution >= 4 is 33.2 Å². The number of rotatable bonds is 3. The normalized spacial score (nSPS) is 10.3. The number of nitrogens with one attached hydrogen (secondary N) is 1. The number of hydrogen-bond donors (Lipinski definition) is 2. The van der Waals surface area contributed by atoms with Gasteiger partial charge in [0.2, 0.25) is 5.91 Å². The Kier molecular flexibility index (Phi) is 3.66. The molecule has 5 nitrogen and oxygen atoms in total. The third-order valence-electron chi connectivity index (χ3n) is 2.50. The van der Waals surface area contributed by atoms with Gasteiger partial charge in [0.15, 0.2) is 0 Å². The second kappa shape index (κ2) is 5.22. The summed E-state index contributed by atoms with van der Waals surface area (Å²) < 4.78 is 2.46. The first-order valence-corrected chi connectivity index (χ1v) is 6.18. The van der Waals surface area contributed by atoms with Crippen LogP contribution < -0.4 is 11.1 Å². The van der Waals surface area contributed by atoms with Crippen LogP contribution in [0.3, 0.4) is 0 Å². The van der Waals surface area contributed by atoms with Gasteiger partial charge >= 0.3 is 0 Å². The van der Waals surface area contributed by atoms with Crippen molar-refractivity contribution in [1.29, 1.82) is 0 Å². The number of nitrogen functional groups attached to an aromatic ring is 1. The van der Waals surface area contributed by atoms with E-state index in [-0.39, 0.29) is 12.5 Å². The summed E-state index contributed by atoms with van der Waals surface area (Å²) in [5, 5.41) is 6.80. The first-order chi connectivity index (χ1) is 8.56. The average Bonchev–Trinajstić information content (AvgIpc) is 2.70. The lowest BCUT2D eigenvalue weighted by Crippen LogP contribution is -2.19. The van der Waals surface area contributed by atoms with Gasteiger partial charge in [0, 0.05) is 16.4 Å². The highest BCUT2D eigenvalue weighted by atomic mass is 79.9. The van der Waals surface area contributed by atoms with Crippen LogP contribution in [0, 0.1) is 6.92 Å². The van der Waals surface area contributed by atoms with Gasteiger partial charge in [-0.05, 0) is 24.6 Å². The summed E-state index contributed by atoms with van der Waals surface area (Å²) in [6, 6.07) is 5.66. The molecule has 3 N–H and O–H groups in total. The molecule has 0 saturated heterocycles. The SMILES string of the molecule is Cc1c(Br)cccc1NC(=O)Cn1cc(N)cn1. The zero-order valence-electron chi connectivity index (χ0n) is 9.85. The number of hydrogen-bond acceptors (Lipinski definition) is 3. The van der Waals surface area contributed by atoms with E-state index < -0.39 is 0 Å². The molecule has 0 aliphatic heterocycles. The van der Waals surface area contributed by atoms with Crippen molar-refractivity contribution in [3.8, 4) is 0 Å². The average molecular weight is 309 g/mol. The molecule has 0 aliphatic rings. The molecule has 0 aliphatic carbocycles. The monoisotopic (exact) mass is 308 g/mol. The summed E-state index contributed by atoms with van der Waals surface area (Å²) >= 11 is 3.42.